The van der Waals surface area contributed by atoms with Crippen LogP contribution in [0.5, 0.6) is 0 Å². The van der Waals surface area contributed by atoms with Gasteiger partial charge >= 0.3 is 6.18 Å². The molecule has 0 amide bonds. The number of rotatable bonds is 7. The zero-order valence-corrected chi connectivity index (χ0v) is 16.2. The number of hydrogen-bond acceptors (Lipinski definition) is 4. The van der Waals surface area contributed by atoms with Gasteiger partial charge in [-0.1, -0.05) is 6.92 Å². The van der Waals surface area contributed by atoms with Crippen LogP contribution in [0.4, 0.5) is 13.2 Å². The fourth-order valence-corrected chi connectivity index (χ4v) is 3.68. The SMILES string of the molecule is CCc1nc(CN2CCC(CNC(=NC)NCCC(F)(F)F)CC2)cs1. The van der Waals surface area contributed by atoms with E-state index in [4.69, 9.17) is 0 Å². The lowest BCUT2D eigenvalue weighted by Crippen LogP contribution is -2.43. The molecule has 1 aromatic rings. The second-order valence-corrected chi connectivity index (χ2v) is 7.49. The van der Waals surface area contributed by atoms with E-state index < -0.39 is 12.6 Å². The maximum atomic E-state index is 12.2. The summed E-state index contributed by atoms with van der Waals surface area (Å²) in [5, 5.41) is 9.19. The smallest absolute Gasteiger partial charge is 0.356 e. The molecule has 0 atom stereocenters. The van der Waals surface area contributed by atoms with E-state index in [-0.39, 0.29) is 6.54 Å². The summed E-state index contributed by atoms with van der Waals surface area (Å²) in [5.41, 5.74) is 1.15. The van der Waals surface area contributed by atoms with Crippen molar-refractivity contribution in [3.05, 3.63) is 16.1 Å². The standard InChI is InChI=1S/C17H28F3N5S/c1-3-15-24-14(12-26-15)11-25-8-4-13(5-9-25)10-23-16(21-2)22-7-6-17(18,19)20/h12-13H,3-11H2,1-2H3,(H2,21,22,23). The molecule has 0 aliphatic carbocycles. The van der Waals surface area contributed by atoms with Crippen molar-refractivity contribution < 1.29 is 13.2 Å². The second kappa shape index (κ2) is 10.1. The molecular formula is C17H28F3N5S. The first-order valence-corrected chi connectivity index (χ1v) is 9.94. The van der Waals surface area contributed by atoms with E-state index in [0.29, 0.717) is 11.9 Å². The van der Waals surface area contributed by atoms with Crippen molar-refractivity contribution in [1.82, 2.24) is 20.5 Å². The van der Waals surface area contributed by atoms with Gasteiger partial charge in [0.2, 0.25) is 0 Å². The van der Waals surface area contributed by atoms with Crippen molar-refractivity contribution in [2.75, 3.05) is 33.2 Å². The topological polar surface area (TPSA) is 52.6 Å². The number of piperidine rings is 1. The molecule has 0 radical (unpaired) electrons. The predicted octanol–water partition coefficient (Wildman–Crippen LogP) is 3.03. The molecular weight excluding hydrogens is 363 g/mol. The summed E-state index contributed by atoms with van der Waals surface area (Å²) in [6.45, 7) is 5.63. The minimum Gasteiger partial charge on any atom is -0.356 e. The first-order valence-electron chi connectivity index (χ1n) is 9.06. The molecule has 1 aromatic heterocycles. The van der Waals surface area contributed by atoms with Crippen molar-refractivity contribution in [2.45, 2.75) is 45.3 Å². The summed E-state index contributed by atoms with van der Waals surface area (Å²) >= 11 is 1.72. The van der Waals surface area contributed by atoms with Gasteiger partial charge in [0, 0.05) is 32.1 Å². The van der Waals surface area contributed by atoms with Gasteiger partial charge in [-0.15, -0.1) is 11.3 Å². The van der Waals surface area contributed by atoms with Gasteiger partial charge in [-0.05, 0) is 38.3 Å². The maximum absolute atomic E-state index is 12.2. The summed E-state index contributed by atoms with van der Waals surface area (Å²) in [4.78, 5) is 11.0. The largest absolute Gasteiger partial charge is 0.390 e. The molecule has 1 aliphatic rings. The Morgan fingerprint density at radius 2 is 2.08 bits per heavy atom. The average Bonchev–Trinajstić information content (AvgIpc) is 3.06. The molecule has 1 aliphatic heterocycles. The molecule has 0 saturated carbocycles. The van der Waals surface area contributed by atoms with Crippen LogP contribution in [0, 0.1) is 5.92 Å². The van der Waals surface area contributed by atoms with Gasteiger partial charge in [-0.3, -0.25) is 9.89 Å². The Kier molecular flexibility index (Phi) is 8.15. The van der Waals surface area contributed by atoms with Crippen LogP contribution in [-0.4, -0.2) is 55.2 Å². The van der Waals surface area contributed by atoms with Crippen LogP contribution >= 0.6 is 11.3 Å². The molecule has 0 unspecified atom stereocenters. The first kappa shape index (κ1) is 21.0. The molecule has 1 saturated heterocycles. The Bertz CT molecular complexity index is 565. The van der Waals surface area contributed by atoms with Crippen molar-refractivity contribution in [3.8, 4) is 0 Å². The quantitative estimate of drug-likeness (QED) is 0.554. The molecule has 2 heterocycles. The highest BCUT2D eigenvalue weighted by Gasteiger charge is 2.26. The lowest BCUT2D eigenvalue weighted by molar-refractivity contribution is -0.132. The van der Waals surface area contributed by atoms with Crippen LogP contribution in [0.1, 0.15) is 36.9 Å². The number of likely N-dealkylation sites (tertiary alicyclic amines) is 1. The Morgan fingerprint density at radius 3 is 2.65 bits per heavy atom. The van der Waals surface area contributed by atoms with Crippen LogP contribution in [0.3, 0.4) is 0 Å². The molecule has 9 heteroatoms. The van der Waals surface area contributed by atoms with E-state index in [9.17, 15) is 13.2 Å². The third kappa shape index (κ3) is 7.49. The van der Waals surface area contributed by atoms with Gasteiger partial charge in [0.15, 0.2) is 5.96 Å². The third-order valence-corrected chi connectivity index (χ3v) is 5.52. The number of aliphatic imine (C=N–C) groups is 1. The number of nitrogens with zero attached hydrogens (tertiary/aromatic N) is 3. The Labute approximate surface area is 157 Å². The fourth-order valence-electron chi connectivity index (χ4n) is 2.95. The second-order valence-electron chi connectivity index (χ2n) is 6.55. The van der Waals surface area contributed by atoms with Crippen LogP contribution in [-0.2, 0) is 13.0 Å². The van der Waals surface area contributed by atoms with Crippen molar-refractivity contribution in [2.24, 2.45) is 10.9 Å². The maximum Gasteiger partial charge on any atom is 0.390 e. The molecule has 5 nitrogen and oxygen atoms in total. The number of thiazole rings is 1. The molecule has 2 rings (SSSR count). The Balaban J connectivity index is 1.64. The molecule has 26 heavy (non-hydrogen) atoms. The minimum absolute atomic E-state index is 0.158. The average molecular weight is 392 g/mol. The summed E-state index contributed by atoms with van der Waals surface area (Å²) in [6.07, 6.45) is -1.89. The van der Waals surface area contributed by atoms with E-state index in [1.54, 1.807) is 18.4 Å². The number of hydrogen-bond donors (Lipinski definition) is 2. The van der Waals surface area contributed by atoms with Crippen molar-refractivity contribution in [1.29, 1.82) is 0 Å². The normalized spacial score (nSPS) is 17.5. The van der Waals surface area contributed by atoms with Crippen LogP contribution in [0.2, 0.25) is 0 Å². The number of guanidine groups is 1. The highest BCUT2D eigenvalue weighted by molar-refractivity contribution is 7.09. The number of aromatic nitrogens is 1. The Morgan fingerprint density at radius 1 is 1.35 bits per heavy atom. The molecule has 0 bridgehead atoms. The highest BCUT2D eigenvalue weighted by atomic mass is 32.1. The minimum atomic E-state index is -4.14. The zero-order chi connectivity index (χ0) is 19.0. The summed E-state index contributed by atoms with van der Waals surface area (Å²) in [5.74, 6) is 0.945. The van der Waals surface area contributed by atoms with Crippen molar-refractivity contribution in [3.63, 3.8) is 0 Å². The predicted molar refractivity (Wildman–Crippen MR) is 99.5 cm³/mol. The molecule has 0 aromatic carbocycles. The van der Waals surface area contributed by atoms with Gasteiger partial charge in [0.1, 0.15) is 0 Å². The lowest BCUT2D eigenvalue weighted by Gasteiger charge is -2.31. The van der Waals surface area contributed by atoms with Gasteiger partial charge in [-0.25, -0.2) is 4.98 Å². The van der Waals surface area contributed by atoms with E-state index in [0.717, 1.165) is 51.1 Å². The van der Waals surface area contributed by atoms with Gasteiger partial charge < -0.3 is 10.6 Å². The molecule has 1 fully saturated rings. The third-order valence-electron chi connectivity index (χ3n) is 4.48. The number of halogens is 3. The van der Waals surface area contributed by atoms with Crippen LogP contribution < -0.4 is 10.6 Å². The van der Waals surface area contributed by atoms with Crippen LogP contribution in [0.25, 0.3) is 0 Å². The zero-order valence-electron chi connectivity index (χ0n) is 15.4. The van der Waals surface area contributed by atoms with E-state index in [1.165, 1.54) is 5.01 Å². The number of nitrogens with one attached hydrogen (secondary N) is 2. The van der Waals surface area contributed by atoms with Gasteiger partial charge in [-0.2, -0.15) is 13.2 Å². The number of alkyl halides is 3. The number of aryl methyl sites for hydroxylation is 1. The molecule has 2 N–H and O–H groups in total. The van der Waals surface area contributed by atoms with Gasteiger partial charge in [0.25, 0.3) is 0 Å². The van der Waals surface area contributed by atoms with Crippen molar-refractivity contribution >= 4 is 17.3 Å². The van der Waals surface area contributed by atoms with Crippen LogP contribution in [0.15, 0.2) is 10.4 Å². The first-order chi connectivity index (χ1) is 12.4. The van der Waals surface area contributed by atoms with E-state index >= 15 is 0 Å². The molecule has 148 valence electrons. The fraction of sp³-hybridized carbons (Fsp3) is 0.765. The highest BCUT2D eigenvalue weighted by Crippen LogP contribution is 2.20. The summed E-state index contributed by atoms with van der Waals surface area (Å²) < 4.78 is 36.6. The summed E-state index contributed by atoms with van der Waals surface area (Å²) in [7, 11) is 1.57. The van der Waals surface area contributed by atoms with Gasteiger partial charge in [0.05, 0.1) is 17.1 Å². The lowest BCUT2D eigenvalue weighted by atomic mass is 9.97. The van der Waals surface area contributed by atoms with E-state index in [1.807, 2.05) is 0 Å². The monoisotopic (exact) mass is 391 g/mol. The molecule has 0 spiro atoms. The summed E-state index contributed by atoms with van der Waals surface area (Å²) in [6, 6.07) is 0. The Hall–Kier alpha value is -1.35. The van der Waals surface area contributed by atoms with E-state index in [2.05, 4.69) is 37.8 Å².